The van der Waals surface area contributed by atoms with Gasteiger partial charge >= 0.3 is 0 Å². The largest absolute Gasteiger partial charge is 0.322 e. The number of hydrazine groups is 1. The molecule has 17 heavy (non-hydrogen) atoms. The quantitative estimate of drug-likeness (QED) is 0.680. The molecule has 0 aromatic heterocycles. The first kappa shape index (κ1) is 13.5. The molecule has 5 nitrogen and oxygen atoms in total. The lowest BCUT2D eigenvalue weighted by molar-refractivity contribution is -0.128. The minimum absolute atomic E-state index is 0.155. The molecule has 1 aromatic carbocycles. The van der Waals surface area contributed by atoms with Gasteiger partial charge in [-0.15, -0.1) is 0 Å². The molecule has 0 saturated carbocycles. The molecule has 0 atom stereocenters. The zero-order chi connectivity index (χ0) is 12.7. The van der Waals surface area contributed by atoms with Crippen LogP contribution in [0.1, 0.15) is 12.0 Å². The third kappa shape index (κ3) is 5.33. The Morgan fingerprint density at radius 1 is 1.12 bits per heavy atom. The Kier molecular flexibility index (Phi) is 5.45. The van der Waals surface area contributed by atoms with Crippen molar-refractivity contribution in [2.24, 2.45) is 5.73 Å². The Morgan fingerprint density at radius 3 is 2.29 bits per heavy atom. The number of benzene rings is 1. The smallest absolute Gasteiger partial charge is 0.252 e. The zero-order valence-electron chi connectivity index (χ0n) is 9.20. The van der Waals surface area contributed by atoms with Crippen LogP contribution >= 0.6 is 11.6 Å². The second-order valence-corrected chi connectivity index (χ2v) is 3.86. The number of carbonyl (C=O) groups is 2. The number of aryl methyl sites for hydroxylation is 1. The average Bonchev–Trinajstić information content (AvgIpc) is 2.35. The van der Waals surface area contributed by atoms with Crippen LogP contribution in [0.2, 0.25) is 5.02 Å². The fraction of sp³-hybridized carbons (Fsp3) is 0.273. The van der Waals surface area contributed by atoms with E-state index in [2.05, 4.69) is 10.9 Å². The van der Waals surface area contributed by atoms with Gasteiger partial charge in [0, 0.05) is 11.4 Å². The van der Waals surface area contributed by atoms with Gasteiger partial charge in [0.1, 0.15) is 0 Å². The van der Waals surface area contributed by atoms with Crippen LogP contribution in [0.3, 0.4) is 0 Å². The fourth-order valence-corrected chi connectivity index (χ4v) is 1.29. The van der Waals surface area contributed by atoms with Crippen molar-refractivity contribution in [1.82, 2.24) is 10.9 Å². The van der Waals surface area contributed by atoms with Crippen molar-refractivity contribution in [3.8, 4) is 0 Å². The number of amides is 2. The van der Waals surface area contributed by atoms with E-state index in [0.29, 0.717) is 11.4 Å². The predicted octanol–water partition coefficient (Wildman–Crippen LogP) is 0.379. The first-order valence-electron chi connectivity index (χ1n) is 5.14. The van der Waals surface area contributed by atoms with Crippen LogP contribution < -0.4 is 16.6 Å². The van der Waals surface area contributed by atoms with Crippen LogP contribution in [0.5, 0.6) is 0 Å². The average molecular weight is 256 g/mol. The summed E-state index contributed by atoms with van der Waals surface area (Å²) in [6, 6.07) is 7.25. The third-order valence-electron chi connectivity index (χ3n) is 2.08. The number of hydrogen-bond acceptors (Lipinski definition) is 3. The van der Waals surface area contributed by atoms with Crippen molar-refractivity contribution in [1.29, 1.82) is 0 Å². The van der Waals surface area contributed by atoms with Crippen molar-refractivity contribution in [2.45, 2.75) is 12.8 Å². The second-order valence-electron chi connectivity index (χ2n) is 3.43. The summed E-state index contributed by atoms with van der Waals surface area (Å²) < 4.78 is 0. The van der Waals surface area contributed by atoms with Gasteiger partial charge in [-0.05, 0) is 24.1 Å². The SMILES string of the molecule is NCC(=O)NNC(=O)CCc1ccc(Cl)cc1. The first-order valence-corrected chi connectivity index (χ1v) is 5.52. The Labute approximate surface area is 104 Å². The van der Waals surface area contributed by atoms with E-state index in [1.165, 1.54) is 0 Å². The lowest BCUT2D eigenvalue weighted by Gasteiger charge is -2.06. The molecule has 0 aliphatic rings. The molecular weight excluding hydrogens is 242 g/mol. The number of nitrogens with two attached hydrogens (primary N) is 1. The Bertz CT molecular complexity index is 392. The third-order valence-corrected chi connectivity index (χ3v) is 2.33. The lowest BCUT2D eigenvalue weighted by Crippen LogP contribution is -2.44. The summed E-state index contributed by atoms with van der Waals surface area (Å²) in [5.41, 5.74) is 10.5. The summed E-state index contributed by atoms with van der Waals surface area (Å²) >= 11 is 5.74. The molecule has 4 N–H and O–H groups in total. The van der Waals surface area contributed by atoms with Crippen LogP contribution in [0, 0.1) is 0 Å². The van der Waals surface area contributed by atoms with Crippen LogP contribution in [0.15, 0.2) is 24.3 Å². The molecule has 0 bridgehead atoms. The van der Waals surface area contributed by atoms with Gasteiger partial charge in [0.25, 0.3) is 5.91 Å². The van der Waals surface area contributed by atoms with Crippen LogP contribution in [-0.4, -0.2) is 18.4 Å². The second kappa shape index (κ2) is 6.88. The van der Waals surface area contributed by atoms with E-state index in [1.54, 1.807) is 12.1 Å². The topological polar surface area (TPSA) is 84.2 Å². The molecule has 2 amide bonds. The molecule has 0 heterocycles. The van der Waals surface area contributed by atoms with E-state index >= 15 is 0 Å². The number of rotatable bonds is 4. The molecular formula is C11H14ClN3O2. The molecule has 0 saturated heterocycles. The van der Waals surface area contributed by atoms with Gasteiger partial charge in [0.2, 0.25) is 5.91 Å². The highest BCUT2D eigenvalue weighted by atomic mass is 35.5. The number of hydrogen-bond donors (Lipinski definition) is 3. The van der Waals surface area contributed by atoms with Gasteiger partial charge in [0.15, 0.2) is 0 Å². The maximum atomic E-state index is 11.3. The number of carbonyl (C=O) groups excluding carboxylic acids is 2. The summed E-state index contributed by atoms with van der Waals surface area (Å²) in [4.78, 5) is 22.1. The Hall–Kier alpha value is -1.59. The maximum Gasteiger partial charge on any atom is 0.252 e. The molecule has 1 rings (SSSR count). The molecule has 0 radical (unpaired) electrons. The molecule has 0 fully saturated rings. The standard InChI is InChI=1S/C11H14ClN3O2/c12-9-4-1-8(2-5-9)3-6-10(16)14-15-11(17)7-13/h1-2,4-5H,3,6-7,13H2,(H,14,16)(H,15,17). The Balaban J connectivity index is 2.28. The van der Waals surface area contributed by atoms with Crippen molar-refractivity contribution < 1.29 is 9.59 Å². The van der Waals surface area contributed by atoms with E-state index in [4.69, 9.17) is 17.3 Å². The highest BCUT2D eigenvalue weighted by Gasteiger charge is 2.03. The lowest BCUT2D eigenvalue weighted by atomic mass is 10.1. The van der Waals surface area contributed by atoms with Crippen LogP contribution in [0.4, 0.5) is 0 Å². The molecule has 6 heteroatoms. The van der Waals surface area contributed by atoms with E-state index in [9.17, 15) is 9.59 Å². The van der Waals surface area contributed by atoms with Gasteiger partial charge in [-0.2, -0.15) is 0 Å². The van der Waals surface area contributed by atoms with E-state index in [-0.39, 0.29) is 18.9 Å². The highest BCUT2D eigenvalue weighted by molar-refractivity contribution is 6.30. The van der Waals surface area contributed by atoms with Gasteiger partial charge < -0.3 is 5.73 Å². The normalized spacial score (nSPS) is 9.76. The van der Waals surface area contributed by atoms with Crippen molar-refractivity contribution >= 4 is 23.4 Å². The van der Waals surface area contributed by atoms with E-state index < -0.39 is 5.91 Å². The number of nitrogens with one attached hydrogen (secondary N) is 2. The fourth-order valence-electron chi connectivity index (χ4n) is 1.16. The zero-order valence-corrected chi connectivity index (χ0v) is 9.96. The summed E-state index contributed by atoms with van der Waals surface area (Å²) in [6.07, 6.45) is 0.869. The van der Waals surface area contributed by atoms with Crippen LogP contribution in [-0.2, 0) is 16.0 Å². The van der Waals surface area contributed by atoms with E-state index in [0.717, 1.165) is 5.56 Å². The highest BCUT2D eigenvalue weighted by Crippen LogP contribution is 2.10. The van der Waals surface area contributed by atoms with Crippen molar-refractivity contribution in [3.63, 3.8) is 0 Å². The first-order chi connectivity index (χ1) is 8.11. The minimum atomic E-state index is -0.426. The summed E-state index contributed by atoms with van der Waals surface area (Å²) in [7, 11) is 0. The monoisotopic (exact) mass is 255 g/mol. The maximum absolute atomic E-state index is 11.3. The predicted molar refractivity (Wildman–Crippen MR) is 65.1 cm³/mol. The van der Waals surface area contributed by atoms with E-state index in [1.807, 2.05) is 12.1 Å². The molecule has 92 valence electrons. The minimum Gasteiger partial charge on any atom is -0.322 e. The Morgan fingerprint density at radius 2 is 1.71 bits per heavy atom. The van der Waals surface area contributed by atoms with Crippen molar-refractivity contribution in [3.05, 3.63) is 34.9 Å². The summed E-state index contributed by atoms with van der Waals surface area (Å²) in [5.74, 6) is -0.688. The van der Waals surface area contributed by atoms with Crippen molar-refractivity contribution in [2.75, 3.05) is 6.54 Å². The molecule has 0 spiro atoms. The molecule has 0 aliphatic heterocycles. The van der Waals surface area contributed by atoms with Crippen LogP contribution in [0.25, 0.3) is 0 Å². The summed E-state index contributed by atoms with van der Waals surface area (Å²) in [6.45, 7) is -0.155. The molecule has 1 aromatic rings. The molecule has 0 aliphatic carbocycles. The number of halogens is 1. The van der Waals surface area contributed by atoms with Gasteiger partial charge in [-0.1, -0.05) is 23.7 Å². The molecule has 0 unspecified atom stereocenters. The summed E-state index contributed by atoms with van der Waals surface area (Å²) in [5, 5.41) is 0.661. The van der Waals surface area contributed by atoms with Gasteiger partial charge in [0.05, 0.1) is 6.54 Å². The van der Waals surface area contributed by atoms with Gasteiger partial charge in [-0.3, -0.25) is 20.4 Å². The van der Waals surface area contributed by atoms with Gasteiger partial charge in [-0.25, -0.2) is 0 Å².